The normalized spacial score (nSPS) is 10.6. The predicted molar refractivity (Wildman–Crippen MR) is 99.7 cm³/mol. The maximum atomic E-state index is 13.8. The largest absolute Gasteiger partial charge is 0.493 e. The van der Waals surface area contributed by atoms with Crippen LogP contribution in [0.25, 0.3) is 11.3 Å². The number of ether oxygens (including phenoxy) is 2. The Hall–Kier alpha value is -3.00. The van der Waals surface area contributed by atoms with E-state index in [9.17, 15) is 13.6 Å². The predicted octanol–water partition coefficient (Wildman–Crippen LogP) is 4.67. The van der Waals surface area contributed by atoms with Gasteiger partial charge in [-0.2, -0.15) is 0 Å². The van der Waals surface area contributed by atoms with Crippen LogP contribution in [0.15, 0.2) is 36.4 Å². The minimum atomic E-state index is -0.930. The van der Waals surface area contributed by atoms with Crippen molar-refractivity contribution in [1.82, 2.24) is 4.98 Å². The molecule has 0 bridgehead atoms. The molecule has 1 heterocycles. The van der Waals surface area contributed by atoms with Crippen molar-refractivity contribution in [1.29, 1.82) is 0 Å². The number of aromatic nitrogens is 1. The Morgan fingerprint density at radius 1 is 1.07 bits per heavy atom. The summed E-state index contributed by atoms with van der Waals surface area (Å²) >= 11 is 1.25. The van der Waals surface area contributed by atoms with Crippen LogP contribution in [0.1, 0.15) is 15.2 Å². The number of benzene rings is 2. The Morgan fingerprint density at radius 2 is 1.81 bits per heavy atom. The van der Waals surface area contributed by atoms with Crippen LogP contribution in [0.3, 0.4) is 0 Å². The molecular formula is C19H16F2N2O3S. The summed E-state index contributed by atoms with van der Waals surface area (Å²) in [5, 5.41) is 2.86. The smallest absolute Gasteiger partial charge is 0.260 e. The van der Waals surface area contributed by atoms with E-state index in [0.29, 0.717) is 28.4 Å². The van der Waals surface area contributed by atoms with Crippen molar-refractivity contribution in [3.05, 3.63) is 58.5 Å². The SMILES string of the molecule is COc1ccc(-c2nc(NC(=O)c3ccc(F)cc3F)sc2C)cc1OC. The molecule has 0 aliphatic carbocycles. The number of aryl methyl sites for hydroxylation is 1. The number of rotatable bonds is 5. The molecule has 0 fully saturated rings. The Balaban J connectivity index is 1.87. The zero-order chi connectivity index (χ0) is 19.6. The lowest BCUT2D eigenvalue weighted by molar-refractivity contribution is 0.102. The van der Waals surface area contributed by atoms with Crippen molar-refractivity contribution in [3.63, 3.8) is 0 Å². The lowest BCUT2D eigenvalue weighted by Crippen LogP contribution is -2.13. The van der Waals surface area contributed by atoms with E-state index in [1.54, 1.807) is 26.4 Å². The van der Waals surface area contributed by atoms with Gasteiger partial charge in [0, 0.05) is 16.5 Å². The molecule has 1 N–H and O–H groups in total. The Morgan fingerprint density at radius 3 is 2.48 bits per heavy atom. The number of hydrogen-bond acceptors (Lipinski definition) is 5. The van der Waals surface area contributed by atoms with Gasteiger partial charge in [-0.15, -0.1) is 11.3 Å². The van der Waals surface area contributed by atoms with Gasteiger partial charge in [0.1, 0.15) is 11.6 Å². The molecule has 0 unspecified atom stereocenters. The number of carbonyl (C=O) groups is 1. The van der Waals surface area contributed by atoms with Crippen molar-refractivity contribution < 1.29 is 23.0 Å². The van der Waals surface area contributed by atoms with Crippen LogP contribution in [0, 0.1) is 18.6 Å². The highest BCUT2D eigenvalue weighted by Gasteiger charge is 2.17. The van der Waals surface area contributed by atoms with E-state index in [4.69, 9.17) is 9.47 Å². The number of nitrogens with one attached hydrogen (secondary N) is 1. The number of amides is 1. The summed E-state index contributed by atoms with van der Waals surface area (Å²) in [6.07, 6.45) is 0. The number of halogens is 2. The first kappa shape index (κ1) is 18.8. The second-order valence-electron chi connectivity index (χ2n) is 5.57. The van der Waals surface area contributed by atoms with Crippen LogP contribution in [-0.4, -0.2) is 25.1 Å². The Labute approximate surface area is 158 Å². The molecule has 0 spiro atoms. The molecule has 0 saturated carbocycles. The molecule has 3 rings (SSSR count). The standard InChI is InChI=1S/C19H16F2N2O3S/c1-10-17(11-4-7-15(25-2)16(8-11)26-3)22-19(27-10)23-18(24)13-6-5-12(20)9-14(13)21/h4-9H,1-3H3,(H,22,23,24). The molecule has 1 aromatic heterocycles. The van der Waals surface area contributed by atoms with Gasteiger partial charge >= 0.3 is 0 Å². The van der Waals surface area contributed by atoms with Gasteiger partial charge < -0.3 is 9.47 Å². The van der Waals surface area contributed by atoms with Crippen LogP contribution in [0.2, 0.25) is 0 Å². The number of carbonyl (C=O) groups excluding carboxylic acids is 1. The molecule has 8 heteroatoms. The molecule has 0 atom stereocenters. The molecule has 140 valence electrons. The van der Waals surface area contributed by atoms with Crippen LogP contribution in [-0.2, 0) is 0 Å². The van der Waals surface area contributed by atoms with Crippen LogP contribution in [0.4, 0.5) is 13.9 Å². The van der Waals surface area contributed by atoms with Gasteiger partial charge in [-0.3, -0.25) is 10.1 Å². The van der Waals surface area contributed by atoms with Crippen LogP contribution in [0.5, 0.6) is 11.5 Å². The molecule has 2 aromatic carbocycles. The summed E-state index contributed by atoms with van der Waals surface area (Å²) in [7, 11) is 3.09. The zero-order valence-corrected chi connectivity index (χ0v) is 15.6. The van der Waals surface area contributed by atoms with Gasteiger partial charge in [-0.25, -0.2) is 13.8 Å². The van der Waals surface area contributed by atoms with Crippen molar-refractivity contribution >= 4 is 22.4 Å². The third-order valence-corrected chi connectivity index (χ3v) is 4.74. The van der Waals surface area contributed by atoms with E-state index in [1.165, 1.54) is 11.3 Å². The minimum absolute atomic E-state index is 0.253. The Kier molecular flexibility index (Phi) is 5.36. The number of methoxy groups -OCH3 is 2. The van der Waals surface area contributed by atoms with Gasteiger partial charge in [-0.05, 0) is 37.3 Å². The first-order valence-electron chi connectivity index (χ1n) is 7.89. The summed E-state index contributed by atoms with van der Waals surface area (Å²) in [4.78, 5) is 17.5. The highest BCUT2D eigenvalue weighted by Crippen LogP contribution is 2.36. The minimum Gasteiger partial charge on any atom is -0.493 e. The van der Waals surface area contributed by atoms with Crippen molar-refractivity contribution in [2.24, 2.45) is 0 Å². The maximum Gasteiger partial charge on any atom is 0.260 e. The van der Waals surface area contributed by atoms with Crippen molar-refractivity contribution in [2.45, 2.75) is 6.92 Å². The van der Waals surface area contributed by atoms with E-state index in [-0.39, 0.29) is 5.56 Å². The quantitative estimate of drug-likeness (QED) is 0.688. The maximum absolute atomic E-state index is 13.8. The summed E-state index contributed by atoms with van der Waals surface area (Å²) < 4.78 is 37.3. The second kappa shape index (κ2) is 7.71. The topological polar surface area (TPSA) is 60.5 Å². The summed E-state index contributed by atoms with van der Waals surface area (Å²) in [6.45, 7) is 1.86. The fourth-order valence-corrected chi connectivity index (χ4v) is 3.37. The van der Waals surface area contributed by atoms with Gasteiger partial charge in [0.05, 0.1) is 25.5 Å². The van der Waals surface area contributed by atoms with E-state index in [1.807, 2.05) is 13.0 Å². The average Bonchev–Trinajstić information content (AvgIpc) is 3.01. The molecule has 0 saturated heterocycles. The lowest BCUT2D eigenvalue weighted by Gasteiger charge is -2.08. The number of anilines is 1. The van der Waals surface area contributed by atoms with Crippen molar-refractivity contribution in [2.75, 3.05) is 19.5 Å². The van der Waals surface area contributed by atoms with Crippen LogP contribution < -0.4 is 14.8 Å². The highest BCUT2D eigenvalue weighted by molar-refractivity contribution is 7.16. The van der Waals surface area contributed by atoms with Gasteiger partial charge in [0.15, 0.2) is 16.6 Å². The third-order valence-electron chi connectivity index (χ3n) is 3.85. The average molecular weight is 390 g/mol. The molecule has 0 aliphatic heterocycles. The monoisotopic (exact) mass is 390 g/mol. The van der Waals surface area contributed by atoms with E-state index >= 15 is 0 Å². The van der Waals surface area contributed by atoms with Gasteiger partial charge in [-0.1, -0.05) is 0 Å². The fraction of sp³-hybridized carbons (Fsp3) is 0.158. The molecule has 0 radical (unpaired) electrons. The number of hydrogen-bond donors (Lipinski definition) is 1. The molecule has 27 heavy (non-hydrogen) atoms. The number of thiazole rings is 1. The first-order chi connectivity index (χ1) is 12.9. The van der Waals surface area contributed by atoms with Crippen molar-refractivity contribution in [3.8, 4) is 22.8 Å². The van der Waals surface area contributed by atoms with E-state index in [2.05, 4.69) is 10.3 Å². The second-order valence-corrected chi connectivity index (χ2v) is 6.78. The lowest BCUT2D eigenvalue weighted by atomic mass is 10.1. The van der Waals surface area contributed by atoms with E-state index < -0.39 is 17.5 Å². The van der Waals surface area contributed by atoms with Gasteiger partial charge in [0.2, 0.25) is 0 Å². The molecule has 1 amide bonds. The van der Waals surface area contributed by atoms with Gasteiger partial charge in [0.25, 0.3) is 5.91 Å². The molecule has 0 aliphatic rings. The first-order valence-corrected chi connectivity index (χ1v) is 8.70. The summed E-state index contributed by atoms with van der Waals surface area (Å²) in [5.41, 5.74) is 1.20. The molecule has 5 nitrogen and oxygen atoms in total. The molecule has 3 aromatic rings. The fourth-order valence-electron chi connectivity index (χ4n) is 2.54. The zero-order valence-electron chi connectivity index (χ0n) is 14.8. The number of nitrogens with zero attached hydrogens (tertiary/aromatic N) is 1. The van der Waals surface area contributed by atoms with E-state index in [0.717, 1.165) is 22.6 Å². The summed E-state index contributed by atoms with van der Waals surface area (Å²) in [5.74, 6) is -1.22. The third kappa shape index (κ3) is 3.90. The van der Waals surface area contributed by atoms with Crippen LogP contribution >= 0.6 is 11.3 Å². The molecular weight excluding hydrogens is 374 g/mol. The highest BCUT2D eigenvalue weighted by atomic mass is 32.1. The summed E-state index contributed by atoms with van der Waals surface area (Å²) in [6, 6.07) is 8.16. The Bertz CT molecular complexity index is 1000.